The van der Waals surface area contributed by atoms with Crippen molar-refractivity contribution in [2.24, 2.45) is 0 Å². The van der Waals surface area contributed by atoms with E-state index in [1.54, 1.807) is 48.6 Å². The van der Waals surface area contributed by atoms with Crippen LogP contribution in [0.2, 0.25) is 0 Å². The van der Waals surface area contributed by atoms with Crippen LogP contribution in [0.3, 0.4) is 0 Å². The summed E-state index contributed by atoms with van der Waals surface area (Å²) < 4.78 is 19.7. The summed E-state index contributed by atoms with van der Waals surface area (Å²) >= 11 is 0. The Labute approximate surface area is 162 Å². The molecule has 9 heteroatoms. The summed E-state index contributed by atoms with van der Waals surface area (Å²) in [6.45, 7) is 5.71. The van der Waals surface area contributed by atoms with Gasteiger partial charge >= 0.3 is 6.09 Å². The molecule has 0 spiro atoms. The Morgan fingerprint density at radius 3 is 2.86 bits per heavy atom. The lowest BCUT2D eigenvalue weighted by Crippen LogP contribution is -2.41. The Morgan fingerprint density at radius 2 is 2.14 bits per heavy atom. The highest BCUT2D eigenvalue weighted by Crippen LogP contribution is 2.16. The number of nitrogens with zero attached hydrogens (tertiary/aromatic N) is 4. The van der Waals surface area contributed by atoms with Crippen molar-refractivity contribution in [1.29, 1.82) is 0 Å². The number of ether oxygens (including phenoxy) is 1. The molecule has 0 unspecified atom stereocenters. The minimum atomic E-state index is -0.587. The van der Waals surface area contributed by atoms with Crippen LogP contribution in [0, 0.1) is 0 Å². The molecular formula is C19H24FN5O3. The monoisotopic (exact) mass is 389 g/mol. The summed E-state index contributed by atoms with van der Waals surface area (Å²) in [5, 5.41) is 2.79. The fourth-order valence-electron chi connectivity index (χ4n) is 2.94. The van der Waals surface area contributed by atoms with Gasteiger partial charge in [-0.25, -0.2) is 19.2 Å². The lowest BCUT2D eigenvalue weighted by Gasteiger charge is -2.22. The van der Waals surface area contributed by atoms with Crippen molar-refractivity contribution >= 4 is 12.0 Å². The van der Waals surface area contributed by atoms with Gasteiger partial charge in [0, 0.05) is 25.5 Å². The number of imidazole rings is 1. The number of hydrogen-bond donors (Lipinski definition) is 1. The number of nitrogens with one attached hydrogen (secondary N) is 1. The SMILES string of the molecule is CC(C)(C)OC(=O)N[C@H]1CCN(C(=O)c2cn(-c3cc(CF)ccn3)cn2)C1. The molecule has 1 fully saturated rings. The molecule has 1 N–H and O–H groups in total. The summed E-state index contributed by atoms with van der Waals surface area (Å²) in [6.07, 6.45) is 4.71. The van der Waals surface area contributed by atoms with Crippen LogP contribution in [0.1, 0.15) is 43.2 Å². The maximum absolute atomic E-state index is 12.8. The lowest BCUT2D eigenvalue weighted by molar-refractivity contribution is 0.0502. The number of pyridine rings is 1. The number of carbonyl (C=O) groups excluding carboxylic acids is 2. The second-order valence-corrected chi connectivity index (χ2v) is 7.71. The van der Waals surface area contributed by atoms with Crippen molar-refractivity contribution in [3.05, 3.63) is 42.1 Å². The second kappa shape index (κ2) is 7.95. The number of amides is 2. The average molecular weight is 389 g/mol. The lowest BCUT2D eigenvalue weighted by atomic mass is 10.2. The van der Waals surface area contributed by atoms with E-state index in [-0.39, 0.29) is 17.6 Å². The first-order valence-electron chi connectivity index (χ1n) is 9.09. The minimum absolute atomic E-state index is 0.163. The Kier molecular flexibility index (Phi) is 5.62. The van der Waals surface area contributed by atoms with Crippen LogP contribution in [0.4, 0.5) is 9.18 Å². The number of carbonyl (C=O) groups is 2. The van der Waals surface area contributed by atoms with E-state index in [9.17, 15) is 14.0 Å². The maximum atomic E-state index is 12.8. The number of rotatable bonds is 4. The van der Waals surface area contributed by atoms with Gasteiger partial charge in [-0.3, -0.25) is 9.36 Å². The topological polar surface area (TPSA) is 89.4 Å². The Morgan fingerprint density at radius 1 is 1.36 bits per heavy atom. The van der Waals surface area contributed by atoms with Crippen molar-refractivity contribution in [1.82, 2.24) is 24.8 Å². The molecule has 1 atom stereocenters. The molecule has 1 aliphatic heterocycles. The molecule has 2 aromatic rings. The smallest absolute Gasteiger partial charge is 0.407 e. The first-order chi connectivity index (χ1) is 13.2. The summed E-state index contributed by atoms with van der Waals surface area (Å²) in [6, 6.07) is 3.03. The van der Waals surface area contributed by atoms with Crippen molar-refractivity contribution in [2.75, 3.05) is 13.1 Å². The Bertz CT molecular complexity index is 861. The van der Waals surface area contributed by atoms with E-state index in [0.29, 0.717) is 30.9 Å². The molecule has 8 nitrogen and oxygen atoms in total. The molecular weight excluding hydrogens is 365 g/mol. The van der Waals surface area contributed by atoms with Crippen molar-refractivity contribution in [3.8, 4) is 5.82 Å². The fourth-order valence-corrected chi connectivity index (χ4v) is 2.94. The maximum Gasteiger partial charge on any atom is 0.407 e. The zero-order valence-corrected chi connectivity index (χ0v) is 16.2. The molecule has 0 aromatic carbocycles. The van der Waals surface area contributed by atoms with Gasteiger partial charge in [0.25, 0.3) is 5.91 Å². The number of aromatic nitrogens is 3. The Balaban J connectivity index is 1.61. The quantitative estimate of drug-likeness (QED) is 0.868. The molecule has 0 bridgehead atoms. The van der Waals surface area contributed by atoms with Crippen molar-refractivity contribution in [2.45, 2.75) is 45.5 Å². The van der Waals surface area contributed by atoms with Gasteiger partial charge in [-0.2, -0.15) is 0 Å². The highest BCUT2D eigenvalue weighted by Gasteiger charge is 2.30. The van der Waals surface area contributed by atoms with E-state index in [1.807, 2.05) is 0 Å². The number of alkyl halides is 1. The third-order valence-corrected chi connectivity index (χ3v) is 4.23. The van der Waals surface area contributed by atoms with Gasteiger partial charge in [0.1, 0.15) is 30.1 Å². The molecule has 2 aromatic heterocycles. The van der Waals surface area contributed by atoms with E-state index < -0.39 is 18.4 Å². The fraction of sp³-hybridized carbons (Fsp3) is 0.474. The molecule has 0 aliphatic carbocycles. The van der Waals surface area contributed by atoms with Crippen molar-refractivity contribution < 1.29 is 18.7 Å². The van der Waals surface area contributed by atoms with Gasteiger partial charge in [-0.1, -0.05) is 0 Å². The van der Waals surface area contributed by atoms with Crippen LogP contribution >= 0.6 is 0 Å². The van der Waals surface area contributed by atoms with E-state index in [2.05, 4.69) is 15.3 Å². The van der Waals surface area contributed by atoms with Crippen LogP contribution in [0.15, 0.2) is 30.9 Å². The second-order valence-electron chi connectivity index (χ2n) is 7.71. The van der Waals surface area contributed by atoms with Gasteiger partial charge in [0.05, 0.1) is 6.04 Å². The normalized spacial score (nSPS) is 16.9. The van der Waals surface area contributed by atoms with E-state index >= 15 is 0 Å². The molecule has 2 amide bonds. The molecule has 0 radical (unpaired) electrons. The first-order valence-corrected chi connectivity index (χ1v) is 9.09. The molecule has 3 heterocycles. The minimum Gasteiger partial charge on any atom is -0.444 e. The van der Waals surface area contributed by atoms with Gasteiger partial charge in [-0.05, 0) is 44.9 Å². The predicted molar refractivity (Wildman–Crippen MR) is 99.8 cm³/mol. The molecule has 3 rings (SSSR count). The van der Waals surface area contributed by atoms with Gasteiger partial charge in [0.2, 0.25) is 0 Å². The van der Waals surface area contributed by atoms with Gasteiger partial charge < -0.3 is 15.0 Å². The van der Waals surface area contributed by atoms with Crippen LogP contribution in [-0.4, -0.2) is 56.2 Å². The summed E-state index contributed by atoms with van der Waals surface area (Å²) in [5.41, 5.74) is 0.200. The largest absolute Gasteiger partial charge is 0.444 e. The van der Waals surface area contributed by atoms with Gasteiger partial charge in [-0.15, -0.1) is 0 Å². The summed E-state index contributed by atoms with van der Waals surface area (Å²) in [5.74, 6) is 0.265. The van der Waals surface area contributed by atoms with Crippen LogP contribution in [0.5, 0.6) is 0 Å². The highest BCUT2D eigenvalue weighted by molar-refractivity contribution is 5.92. The third-order valence-electron chi connectivity index (χ3n) is 4.23. The first kappa shape index (κ1) is 19.8. The van der Waals surface area contributed by atoms with E-state index in [4.69, 9.17) is 4.74 Å². The Hall–Kier alpha value is -2.97. The van der Waals surface area contributed by atoms with Crippen LogP contribution in [-0.2, 0) is 11.4 Å². The zero-order chi connectivity index (χ0) is 20.3. The number of halogens is 1. The molecule has 1 saturated heterocycles. The standard InChI is InChI=1S/C19H24FN5O3/c1-19(2,3)28-18(27)23-14-5-7-24(10-14)17(26)15-11-25(12-22-15)16-8-13(9-20)4-6-21-16/h4,6,8,11-12,14H,5,7,9-10H2,1-3H3,(H,23,27)/t14-/m0/s1. The summed E-state index contributed by atoms with van der Waals surface area (Å²) in [7, 11) is 0. The van der Waals surface area contributed by atoms with Crippen LogP contribution < -0.4 is 5.32 Å². The van der Waals surface area contributed by atoms with E-state index in [1.165, 1.54) is 12.5 Å². The van der Waals surface area contributed by atoms with Gasteiger partial charge in [0.15, 0.2) is 0 Å². The van der Waals surface area contributed by atoms with Crippen molar-refractivity contribution in [3.63, 3.8) is 0 Å². The zero-order valence-electron chi connectivity index (χ0n) is 16.2. The number of likely N-dealkylation sites (tertiary alicyclic amines) is 1. The van der Waals surface area contributed by atoms with E-state index in [0.717, 1.165) is 0 Å². The number of hydrogen-bond acceptors (Lipinski definition) is 5. The molecule has 1 aliphatic rings. The predicted octanol–water partition coefficient (Wildman–Crippen LogP) is 2.48. The molecule has 28 heavy (non-hydrogen) atoms. The number of alkyl carbamates (subject to hydrolysis) is 1. The molecule has 150 valence electrons. The molecule has 0 saturated carbocycles. The highest BCUT2D eigenvalue weighted by atomic mass is 19.1. The third kappa shape index (κ3) is 4.85. The average Bonchev–Trinajstić information content (AvgIpc) is 3.29. The van der Waals surface area contributed by atoms with Crippen LogP contribution in [0.25, 0.3) is 5.82 Å². The summed E-state index contributed by atoms with van der Waals surface area (Å²) in [4.78, 5) is 34.6.